The monoisotopic (exact) mass is 519 g/mol. The topological polar surface area (TPSA) is 127 Å². The third kappa shape index (κ3) is 8.24. The first-order valence-corrected chi connectivity index (χ1v) is 12.6. The van der Waals surface area contributed by atoms with Gasteiger partial charge in [0.15, 0.2) is 0 Å². The summed E-state index contributed by atoms with van der Waals surface area (Å²) in [5.41, 5.74) is 1.68. The minimum Gasteiger partial charge on any atom is -0.458 e. The van der Waals surface area contributed by atoms with Gasteiger partial charge in [0, 0.05) is 20.1 Å². The Morgan fingerprint density at radius 3 is 2.35 bits per heavy atom. The van der Waals surface area contributed by atoms with Crippen LogP contribution in [0.25, 0.3) is 11.0 Å². The van der Waals surface area contributed by atoms with E-state index in [-0.39, 0.29) is 24.6 Å². The predicted octanol–water partition coefficient (Wildman–Crippen LogP) is 1.64. The summed E-state index contributed by atoms with van der Waals surface area (Å²) in [5, 5.41) is 2.32. The maximum atomic E-state index is 12.8. The van der Waals surface area contributed by atoms with Crippen molar-refractivity contribution in [2.45, 2.75) is 58.1 Å². The molecule has 1 saturated heterocycles. The number of nitrogens with one attached hydrogen (secondary N) is 1. The molecule has 204 valence electrons. The highest BCUT2D eigenvalue weighted by Gasteiger charge is 2.31. The number of amides is 2. The van der Waals surface area contributed by atoms with Crippen molar-refractivity contribution in [1.82, 2.24) is 14.5 Å². The Morgan fingerprint density at radius 2 is 1.68 bits per heavy atom. The lowest BCUT2D eigenvalue weighted by Crippen LogP contribution is -2.44. The Labute approximate surface area is 216 Å². The molecule has 1 atom stereocenters. The van der Waals surface area contributed by atoms with Gasteiger partial charge >= 0.3 is 11.7 Å². The average Bonchev–Trinajstić information content (AvgIpc) is 3.06. The molecule has 0 radical (unpaired) electrons. The zero-order valence-corrected chi connectivity index (χ0v) is 22.0. The molecule has 0 spiro atoms. The van der Waals surface area contributed by atoms with E-state index in [0.29, 0.717) is 45.0 Å². The molecule has 1 N–H and O–H groups in total. The molecule has 1 fully saturated rings. The molecule has 2 amide bonds. The number of imide groups is 1. The summed E-state index contributed by atoms with van der Waals surface area (Å²) < 4.78 is 24.5. The summed E-state index contributed by atoms with van der Waals surface area (Å²) in [4.78, 5) is 48.2. The van der Waals surface area contributed by atoms with E-state index in [1.807, 2.05) is 18.2 Å². The SMILES string of the molecule is Cn1c(=O)n(C2CCC(=O)NC2=O)c2ccc(CCCOCCOCCOCC(=O)OC(C)(C)C)cc21. The highest BCUT2D eigenvalue weighted by Crippen LogP contribution is 2.24. The van der Waals surface area contributed by atoms with Crippen LogP contribution in [-0.2, 0) is 46.8 Å². The highest BCUT2D eigenvalue weighted by atomic mass is 16.6. The maximum Gasteiger partial charge on any atom is 0.332 e. The van der Waals surface area contributed by atoms with Gasteiger partial charge in [-0.05, 0) is 57.7 Å². The lowest BCUT2D eigenvalue weighted by atomic mass is 10.1. The van der Waals surface area contributed by atoms with Gasteiger partial charge in [-0.1, -0.05) is 6.07 Å². The van der Waals surface area contributed by atoms with Crippen LogP contribution in [0.15, 0.2) is 23.0 Å². The average molecular weight is 520 g/mol. The quantitative estimate of drug-likeness (QED) is 0.240. The van der Waals surface area contributed by atoms with Gasteiger partial charge in [0.05, 0.1) is 37.5 Å². The van der Waals surface area contributed by atoms with Crippen LogP contribution < -0.4 is 11.0 Å². The molecule has 1 aliphatic heterocycles. The number of benzene rings is 1. The molecule has 1 unspecified atom stereocenters. The number of nitrogens with zero attached hydrogens (tertiary/aromatic N) is 2. The van der Waals surface area contributed by atoms with Crippen molar-refractivity contribution in [3.8, 4) is 0 Å². The van der Waals surface area contributed by atoms with Crippen LogP contribution in [0.3, 0.4) is 0 Å². The predicted molar refractivity (Wildman–Crippen MR) is 135 cm³/mol. The van der Waals surface area contributed by atoms with Crippen LogP contribution >= 0.6 is 0 Å². The van der Waals surface area contributed by atoms with Crippen molar-refractivity contribution in [3.63, 3.8) is 0 Å². The number of fused-ring (bicyclic) bond motifs is 1. The van der Waals surface area contributed by atoms with Gasteiger partial charge in [0.25, 0.3) is 0 Å². The Balaban J connectivity index is 1.35. The van der Waals surface area contributed by atoms with Gasteiger partial charge in [-0.3, -0.25) is 24.0 Å². The normalized spacial score (nSPS) is 16.3. The first-order chi connectivity index (χ1) is 17.6. The lowest BCUT2D eigenvalue weighted by molar-refractivity contribution is -0.160. The van der Waals surface area contributed by atoms with Gasteiger partial charge in [0.1, 0.15) is 18.2 Å². The number of carbonyl (C=O) groups is 3. The van der Waals surface area contributed by atoms with Crippen molar-refractivity contribution < 1.29 is 33.3 Å². The van der Waals surface area contributed by atoms with E-state index in [2.05, 4.69) is 5.32 Å². The van der Waals surface area contributed by atoms with Crippen molar-refractivity contribution in [1.29, 1.82) is 0 Å². The van der Waals surface area contributed by atoms with Crippen LogP contribution in [-0.4, -0.2) is 72.2 Å². The number of ether oxygens (including phenoxy) is 4. The third-order valence-corrected chi connectivity index (χ3v) is 5.81. The van der Waals surface area contributed by atoms with Crippen molar-refractivity contribution in [2.24, 2.45) is 7.05 Å². The van der Waals surface area contributed by atoms with Crippen molar-refractivity contribution in [2.75, 3.05) is 39.6 Å². The molecule has 2 aromatic rings. The number of esters is 1. The molecule has 1 aromatic heterocycles. The molecule has 0 bridgehead atoms. The van der Waals surface area contributed by atoms with E-state index < -0.39 is 23.5 Å². The summed E-state index contributed by atoms with van der Waals surface area (Å²) in [6.07, 6.45) is 2.09. The summed E-state index contributed by atoms with van der Waals surface area (Å²) in [5.74, 6) is -1.15. The van der Waals surface area contributed by atoms with Gasteiger partial charge in [-0.15, -0.1) is 0 Å². The second-order valence-electron chi connectivity index (χ2n) is 9.97. The standard InChI is InChI=1S/C26H37N3O8/c1-26(2,3)37-23(31)17-36-15-14-35-13-12-34-11-5-6-18-7-8-19-21(16-18)28(4)25(33)29(19)20-9-10-22(30)27-24(20)32/h7-8,16,20H,5-6,9-15,17H2,1-4H3,(H,27,30,32). The number of aromatic nitrogens is 2. The molecular formula is C26H37N3O8. The minimum atomic E-state index is -0.688. The van der Waals surface area contributed by atoms with Crippen LogP contribution in [0.1, 0.15) is 51.6 Å². The van der Waals surface area contributed by atoms with E-state index >= 15 is 0 Å². The largest absolute Gasteiger partial charge is 0.458 e. The molecule has 2 heterocycles. The number of aryl methyl sites for hydroxylation is 2. The van der Waals surface area contributed by atoms with Gasteiger partial charge in [-0.25, -0.2) is 9.59 Å². The highest BCUT2D eigenvalue weighted by molar-refractivity contribution is 6.00. The fraction of sp³-hybridized carbons (Fsp3) is 0.615. The van der Waals surface area contributed by atoms with Gasteiger partial charge < -0.3 is 18.9 Å². The van der Waals surface area contributed by atoms with E-state index in [0.717, 1.165) is 23.9 Å². The molecule has 11 nitrogen and oxygen atoms in total. The van der Waals surface area contributed by atoms with E-state index in [1.54, 1.807) is 27.8 Å². The molecule has 1 aromatic carbocycles. The smallest absolute Gasteiger partial charge is 0.332 e. The molecule has 0 aliphatic carbocycles. The number of imidazole rings is 1. The number of piperidine rings is 1. The second-order valence-corrected chi connectivity index (χ2v) is 9.97. The second kappa shape index (κ2) is 13.0. The van der Waals surface area contributed by atoms with Gasteiger partial charge in [-0.2, -0.15) is 0 Å². The fourth-order valence-corrected chi connectivity index (χ4v) is 4.14. The van der Waals surface area contributed by atoms with Crippen LogP contribution in [0.4, 0.5) is 0 Å². The minimum absolute atomic E-state index is 0.0985. The van der Waals surface area contributed by atoms with E-state index in [4.69, 9.17) is 18.9 Å². The van der Waals surface area contributed by atoms with Crippen molar-refractivity contribution in [3.05, 3.63) is 34.2 Å². The Kier molecular flexibility index (Phi) is 10.0. The Hall–Kier alpha value is -3.02. The summed E-state index contributed by atoms with van der Waals surface area (Å²) in [6.45, 7) is 7.43. The zero-order chi connectivity index (χ0) is 27.0. The summed E-state index contributed by atoms with van der Waals surface area (Å²) in [7, 11) is 1.68. The molecule has 0 saturated carbocycles. The molecular weight excluding hydrogens is 482 g/mol. The van der Waals surface area contributed by atoms with Crippen LogP contribution in [0.5, 0.6) is 0 Å². The Bertz CT molecular complexity index is 1160. The molecule has 1 aliphatic rings. The zero-order valence-electron chi connectivity index (χ0n) is 22.0. The molecule has 37 heavy (non-hydrogen) atoms. The molecule has 3 rings (SSSR count). The number of hydrogen-bond acceptors (Lipinski definition) is 8. The lowest BCUT2D eigenvalue weighted by Gasteiger charge is -2.21. The Morgan fingerprint density at radius 1 is 1.00 bits per heavy atom. The third-order valence-electron chi connectivity index (χ3n) is 5.81. The van der Waals surface area contributed by atoms with Gasteiger partial charge in [0.2, 0.25) is 11.8 Å². The van der Waals surface area contributed by atoms with Crippen molar-refractivity contribution >= 4 is 28.8 Å². The summed E-state index contributed by atoms with van der Waals surface area (Å²) >= 11 is 0. The maximum absolute atomic E-state index is 12.8. The molecule has 11 heteroatoms. The number of hydrogen-bond donors (Lipinski definition) is 1. The number of carbonyl (C=O) groups excluding carboxylic acids is 3. The first-order valence-electron chi connectivity index (χ1n) is 12.6. The van der Waals surface area contributed by atoms with Crippen LogP contribution in [0, 0.1) is 0 Å². The summed E-state index contributed by atoms with van der Waals surface area (Å²) in [6, 6.07) is 5.08. The van der Waals surface area contributed by atoms with E-state index in [9.17, 15) is 19.2 Å². The fourth-order valence-electron chi connectivity index (χ4n) is 4.14. The number of rotatable bonds is 13. The van der Waals surface area contributed by atoms with Crippen LogP contribution in [0.2, 0.25) is 0 Å². The van der Waals surface area contributed by atoms with E-state index in [1.165, 1.54) is 9.13 Å². The first kappa shape index (κ1) is 28.5.